The van der Waals surface area contributed by atoms with Crippen LogP contribution in [0.15, 0.2) is 0 Å². The fraction of sp³-hybridized carbons (Fsp3) is 0.739. The van der Waals surface area contributed by atoms with Crippen LogP contribution in [0.2, 0.25) is 5.15 Å². The highest BCUT2D eigenvalue weighted by molar-refractivity contribution is 7.48. The number of piperidine rings is 1. The van der Waals surface area contributed by atoms with Crippen LogP contribution in [0.3, 0.4) is 0 Å². The van der Waals surface area contributed by atoms with Gasteiger partial charge in [0.15, 0.2) is 5.15 Å². The molecule has 0 unspecified atom stereocenters. The number of hydrogen-bond acceptors (Lipinski definition) is 12. The summed E-state index contributed by atoms with van der Waals surface area (Å²) in [4.78, 5) is 19.7. The van der Waals surface area contributed by atoms with E-state index >= 15 is 0 Å². The first kappa shape index (κ1) is 31.7. The lowest BCUT2D eigenvalue weighted by molar-refractivity contribution is -0.00679. The molecular formula is C23H38ClN6O7PS. The predicted molar refractivity (Wildman–Crippen MR) is 147 cm³/mol. The smallest absolute Gasteiger partial charge is 0.477 e. The highest BCUT2D eigenvalue weighted by Crippen LogP contribution is 2.55. The van der Waals surface area contributed by atoms with Crippen molar-refractivity contribution in [2.24, 2.45) is 0 Å². The number of carbonyl (C=O) groups excluding carboxylic acids is 1. The van der Waals surface area contributed by atoms with E-state index in [0.29, 0.717) is 36.8 Å². The molecule has 2 aromatic heterocycles. The summed E-state index contributed by atoms with van der Waals surface area (Å²) in [5.74, 6) is -0.487. The maximum atomic E-state index is 13.6. The minimum atomic E-state index is -4.06. The number of aromatic nitrogens is 4. The lowest BCUT2D eigenvalue weighted by atomic mass is 10.0. The Kier molecular flexibility index (Phi) is 10.1. The largest absolute Gasteiger partial charge is 0.484 e. The van der Waals surface area contributed by atoms with Gasteiger partial charge in [0.05, 0.1) is 29.0 Å². The van der Waals surface area contributed by atoms with Crippen molar-refractivity contribution < 1.29 is 32.8 Å². The molecule has 1 fully saturated rings. The number of anilines is 1. The Bertz CT molecular complexity index is 1170. The van der Waals surface area contributed by atoms with E-state index in [0.717, 1.165) is 11.3 Å². The minimum absolute atomic E-state index is 0.00115. The second-order valence-corrected chi connectivity index (χ2v) is 13.8. The fourth-order valence-corrected chi connectivity index (χ4v) is 6.72. The Morgan fingerprint density at radius 1 is 1.21 bits per heavy atom. The van der Waals surface area contributed by atoms with Crippen molar-refractivity contribution in [2.75, 3.05) is 25.1 Å². The monoisotopic (exact) mass is 608 g/mol. The van der Waals surface area contributed by atoms with Crippen molar-refractivity contribution in [1.29, 1.82) is 0 Å². The second-order valence-electron chi connectivity index (χ2n) is 11.0. The van der Waals surface area contributed by atoms with E-state index in [1.54, 1.807) is 48.7 Å². The van der Waals surface area contributed by atoms with Crippen LogP contribution in [0, 0.1) is 0 Å². The van der Waals surface area contributed by atoms with E-state index < -0.39 is 24.9 Å². The Hall–Kier alpha value is -1.80. The van der Waals surface area contributed by atoms with E-state index in [2.05, 4.69) is 20.5 Å². The average molecular weight is 609 g/mol. The summed E-state index contributed by atoms with van der Waals surface area (Å²) in [6.07, 6.45) is 0.625. The SMILES string of the molecule is CCc1c(Cl)nc(C(=O)N[C@@H]2CCN(c3nnc(O)s3)C[C@@H]2OC)n1COP(=O)(OC(C)(C)C)OC(C)(C)C. The number of rotatable bonds is 10. The Labute approximate surface area is 237 Å². The fourth-order valence-electron chi connectivity index (χ4n) is 4.04. The van der Waals surface area contributed by atoms with Crippen LogP contribution in [0.5, 0.6) is 5.19 Å². The third kappa shape index (κ3) is 8.59. The predicted octanol–water partition coefficient (Wildman–Crippen LogP) is 4.39. The van der Waals surface area contributed by atoms with Gasteiger partial charge in [-0.2, -0.15) is 0 Å². The molecule has 0 spiro atoms. The summed E-state index contributed by atoms with van der Waals surface area (Å²) in [5, 5.41) is 20.8. The zero-order valence-electron chi connectivity index (χ0n) is 23.6. The normalized spacial score (nSPS) is 18.9. The number of carbonyl (C=O) groups is 1. The first-order valence-electron chi connectivity index (χ1n) is 12.6. The molecule has 13 nitrogen and oxygen atoms in total. The number of nitrogens with zero attached hydrogens (tertiary/aromatic N) is 5. The number of amides is 1. The lowest BCUT2D eigenvalue weighted by Gasteiger charge is -2.37. The van der Waals surface area contributed by atoms with E-state index in [1.807, 2.05) is 11.8 Å². The van der Waals surface area contributed by atoms with Crippen molar-refractivity contribution >= 4 is 41.8 Å². The van der Waals surface area contributed by atoms with Crippen molar-refractivity contribution in [3.05, 3.63) is 16.7 Å². The van der Waals surface area contributed by atoms with Crippen LogP contribution in [-0.4, -0.2) is 74.3 Å². The average Bonchev–Trinajstić information content (AvgIpc) is 3.37. The molecule has 220 valence electrons. The molecule has 1 saturated heterocycles. The van der Waals surface area contributed by atoms with E-state index in [9.17, 15) is 14.5 Å². The zero-order valence-corrected chi connectivity index (χ0v) is 26.0. The molecule has 16 heteroatoms. The molecule has 0 aliphatic carbocycles. The molecule has 1 aliphatic rings. The van der Waals surface area contributed by atoms with Gasteiger partial charge >= 0.3 is 7.82 Å². The Morgan fingerprint density at radius 2 is 1.85 bits per heavy atom. The number of phosphoric ester groups is 1. The summed E-state index contributed by atoms with van der Waals surface area (Å²) < 4.78 is 37.8. The first-order valence-corrected chi connectivity index (χ1v) is 15.2. The highest BCUT2D eigenvalue weighted by Gasteiger charge is 2.38. The summed E-state index contributed by atoms with van der Waals surface area (Å²) in [6, 6.07) is -0.338. The third-order valence-electron chi connectivity index (χ3n) is 5.53. The molecule has 2 aromatic rings. The molecule has 0 bridgehead atoms. The van der Waals surface area contributed by atoms with Crippen LogP contribution in [-0.2, 0) is 36.0 Å². The molecule has 0 aromatic carbocycles. The first-order chi connectivity index (χ1) is 18.0. The molecule has 2 N–H and O–H groups in total. The summed E-state index contributed by atoms with van der Waals surface area (Å²) in [7, 11) is -2.50. The zero-order chi connectivity index (χ0) is 29.2. The summed E-state index contributed by atoms with van der Waals surface area (Å²) >= 11 is 7.45. The number of hydrogen-bond donors (Lipinski definition) is 2. The standard InChI is InChI=1S/C23H38ClN6O7PS/c1-9-15-17(24)26-18(30(15)13-35-38(33,36-22(2,3)4)37-23(5,6)7)19(31)25-14-10-11-29(12-16(14)34-8)20-27-28-21(32)39-20/h14,16H,9-13H2,1-8H3,(H,25,31)(H,28,32)/t14-,16+/m1/s1. The third-order valence-corrected chi connectivity index (χ3v) is 8.59. The number of aromatic hydroxyl groups is 1. The van der Waals surface area contributed by atoms with Gasteiger partial charge in [-0.25, -0.2) is 9.55 Å². The quantitative estimate of drug-likeness (QED) is 0.370. The van der Waals surface area contributed by atoms with Crippen LogP contribution in [0.4, 0.5) is 5.13 Å². The summed E-state index contributed by atoms with van der Waals surface area (Å²) in [6.45, 7) is 13.0. The van der Waals surface area contributed by atoms with Gasteiger partial charge in [-0.1, -0.05) is 23.6 Å². The van der Waals surface area contributed by atoms with Gasteiger partial charge in [-0.05, 0) is 65.7 Å². The number of methoxy groups -OCH3 is 1. The van der Waals surface area contributed by atoms with Gasteiger partial charge in [0.2, 0.25) is 11.0 Å². The Morgan fingerprint density at radius 3 is 2.36 bits per heavy atom. The molecule has 39 heavy (non-hydrogen) atoms. The van der Waals surface area contributed by atoms with Gasteiger partial charge in [-0.15, -0.1) is 5.10 Å². The van der Waals surface area contributed by atoms with Gasteiger partial charge in [0, 0.05) is 20.2 Å². The Balaban J connectivity index is 1.79. The number of imidazole rings is 1. The van der Waals surface area contributed by atoms with Gasteiger partial charge in [0.1, 0.15) is 6.73 Å². The van der Waals surface area contributed by atoms with Gasteiger partial charge in [0.25, 0.3) is 11.1 Å². The van der Waals surface area contributed by atoms with Crippen molar-refractivity contribution in [2.45, 2.75) is 91.4 Å². The molecule has 2 atom stereocenters. The van der Waals surface area contributed by atoms with E-state index in [-0.39, 0.29) is 35.0 Å². The van der Waals surface area contributed by atoms with Gasteiger partial charge in [-0.3, -0.25) is 22.9 Å². The topological polar surface area (TPSA) is 150 Å². The van der Waals surface area contributed by atoms with Crippen LogP contribution < -0.4 is 10.2 Å². The molecule has 0 radical (unpaired) electrons. The second kappa shape index (κ2) is 12.4. The molecule has 3 rings (SSSR count). The van der Waals surface area contributed by atoms with Crippen LogP contribution >= 0.6 is 30.8 Å². The molecule has 1 aliphatic heterocycles. The van der Waals surface area contributed by atoms with Crippen LogP contribution in [0.1, 0.15) is 71.2 Å². The number of halogens is 1. The van der Waals surface area contributed by atoms with Crippen molar-refractivity contribution in [3.63, 3.8) is 0 Å². The minimum Gasteiger partial charge on any atom is -0.484 e. The van der Waals surface area contributed by atoms with Crippen LogP contribution in [0.25, 0.3) is 0 Å². The highest BCUT2D eigenvalue weighted by atomic mass is 35.5. The molecule has 3 heterocycles. The number of ether oxygens (including phenoxy) is 1. The lowest BCUT2D eigenvalue weighted by Crippen LogP contribution is -2.55. The van der Waals surface area contributed by atoms with E-state index in [4.69, 9.17) is 29.9 Å². The number of phosphoric acid groups is 1. The van der Waals surface area contributed by atoms with Crippen molar-refractivity contribution in [3.8, 4) is 5.19 Å². The maximum Gasteiger partial charge on any atom is 0.477 e. The van der Waals surface area contributed by atoms with Gasteiger partial charge < -0.3 is 20.1 Å². The molecule has 1 amide bonds. The van der Waals surface area contributed by atoms with Crippen molar-refractivity contribution in [1.82, 2.24) is 25.1 Å². The van der Waals surface area contributed by atoms with E-state index in [1.165, 1.54) is 4.57 Å². The molecule has 0 saturated carbocycles. The summed E-state index contributed by atoms with van der Waals surface area (Å²) in [5.41, 5.74) is -1.11. The maximum absolute atomic E-state index is 13.6. The molecular weight excluding hydrogens is 571 g/mol. The number of nitrogens with one attached hydrogen (secondary N) is 1.